The fourth-order valence-corrected chi connectivity index (χ4v) is 3.77. The number of amides is 1. The van der Waals surface area contributed by atoms with E-state index in [-0.39, 0.29) is 30.1 Å². The number of carbonyl (C=O) groups excluding carboxylic acids is 1. The highest BCUT2D eigenvalue weighted by atomic mass is 16.5. The van der Waals surface area contributed by atoms with Crippen LogP contribution < -0.4 is 16.0 Å². The molecular weight excluding hydrogens is 302 g/mol. The molecule has 132 valence electrons. The molecule has 0 aromatic heterocycles. The Morgan fingerprint density at radius 3 is 2.25 bits per heavy atom. The van der Waals surface area contributed by atoms with Gasteiger partial charge in [0.25, 0.3) is 0 Å². The van der Waals surface area contributed by atoms with Gasteiger partial charge in [0, 0.05) is 36.4 Å². The Morgan fingerprint density at radius 2 is 1.67 bits per heavy atom. The molecule has 3 N–H and O–H groups in total. The van der Waals surface area contributed by atoms with E-state index in [1.54, 1.807) is 0 Å². The SMILES string of the molecule is C[C@@H]1CN(c2ccc(NC(=O)C3CCC(N)CC3)cc2)C[C@H](C)O1. The predicted octanol–water partition coefficient (Wildman–Crippen LogP) is 2.76. The van der Waals surface area contributed by atoms with E-state index in [4.69, 9.17) is 10.5 Å². The first kappa shape index (κ1) is 17.2. The fraction of sp³-hybridized carbons (Fsp3) is 0.632. The van der Waals surface area contributed by atoms with Crippen molar-refractivity contribution in [2.24, 2.45) is 11.7 Å². The van der Waals surface area contributed by atoms with E-state index in [2.05, 4.69) is 36.2 Å². The van der Waals surface area contributed by atoms with Gasteiger partial charge in [0.05, 0.1) is 12.2 Å². The minimum atomic E-state index is 0.102. The number of anilines is 2. The zero-order chi connectivity index (χ0) is 17.1. The van der Waals surface area contributed by atoms with Crippen LogP contribution in [0.1, 0.15) is 39.5 Å². The van der Waals surface area contributed by atoms with Gasteiger partial charge in [-0.25, -0.2) is 0 Å². The van der Waals surface area contributed by atoms with Crippen LogP contribution in [0.25, 0.3) is 0 Å². The average molecular weight is 331 g/mol. The highest BCUT2D eigenvalue weighted by Gasteiger charge is 2.25. The Labute approximate surface area is 144 Å². The molecule has 1 aliphatic heterocycles. The monoisotopic (exact) mass is 331 g/mol. The first-order valence-corrected chi connectivity index (χ1v) is 9.08. The smallest absolute Gasteiger partial charge is 0.227 e. The topological polar surface area (TPSA) is 67.6 Å². The number of nitrogens with one attached hydrogen (secondary N) is 1. The summed E-state index contributed by atoms with van der Waals surface area (Å²) in [5.74, 6) is 0.230. The molecule has 24 heavy (non-hydrogen) atoms. The van der Waals surface area contributed by atoms with Gasteiger partial charge >= 0.3 is 0 Å². The number of morpholine rings is 1. The fourth-order valence-electron chi connectivity index (χ4n) is 3.77. The van der Waals surface area contributed by atoms with Crippen molar-refractivity contribution in [1.29, 1.82) is 0 Å². The van der Waals surface area contributed by atoms with E-state index in [9.17, 15) is 4.79 Å². The molecule has 2 aliphatic rings. The summed E-state index contributed by atoms with van der Waals surface area (Å²) in [5, 5.41) is 3.05. The van der Waals surface area contributed by atoms with Crippen LogP contribution in [0.5, 0.6) is 0 Å². The van der Waals surface area contributed by atoms with E-state index in [1.807, 2.05) is 12.1 Å². The van der Waals surface area contributed by atoms with Gasteiger partial charge in [-0.05, 0) is 63.8 Å². The largest absolute Gasteiger partial charge is 0.372 e. The molecule has 1 saturated heterocycles. The van der Waals surface area contributed by atoms with Gasteiger partial charge in [0.1, 0.15) is 0 Å². The summed E-state index contributed by atoms with van der Waals surface area (Å²) in [6, 6.07) is 8.42. The second-order valence-electron chi connectivity index (χ2n) is 7.31. The Hall–Kier alpha value is -1.59. The first-order chi connectivity index (χ1) is 11.5. The third-order valence-corrected chi connectivity index (χ3v) is 5.06. The van der Waals surface area contributed by atoms with Gasteiger partial charge in [-0.3, -0.25) is 4.79 Å². The lowest BCUT2D eigenvalue weighted by Crippen LogP contribution is -2.45. The molecule has 1 aromatic carbocycles. The van der Waals surface area contributed by atoms with Crippen molar-refractivity contribution in [3.8, 4) is 0 Å². The number of nitrogens with two attached hydrogens (primary N) is 1. The van der Waals surface area contributed by atoms with Gasteiger partial charge in [-0.15, -0.1) is 0 Å². The Balaban J connectivity index is 1.57. The minimum absolute atomic E-state index is 0.102. The summed E-state index contributed by atoms with van der Waals surface area (Å²) in [6.45, 7) is 6.01. The van der Waals surface area contributed by atoms with Crippen LogP contribution in [0.4, 0.5) is 11.4 Å². The number of hydrogen-bond acceptors (Lipinski definition) is 4. The molecule has 0 bridgehead atoms. The maximum atomic E-state index is 12.4. The van der Waals surface area contributed by atoms with E-state index in [0.29, 0.717) is 0 Å². The summed E-state index contributed by atoms with van der Waals surface area (Å²) in [4.78, 5) is 14.7. The van der Waals surface area contributed by atoms with Crippen molar-refractivity contribution in [1.82, 2.24) is 0 Å². The summed E-state index contributed by atoms with van der Waals surface area (Å²) in [7, 11) is 0. The molecule has 1 saturated carbocycles. The minimum Gasteiger partial charge on any atom is -0.372 e. The molecular formula is C19H29N3O2. The summed E-state index contributed by atoms with van der Waals surface area (Å²) in [6.07, 6.45) is 4.18. The standard InChI is InChI=1S/C19H29N3O2/c1-13-11-22(12-14(2)24-13)18-9-7-17(8-10-18)21-19(23)15-3-5-16(20)6-4-15/h7-10,13-16H,3-6,11-12,20H2,1-2H3,(H,21,23)/t13-,14+,15?,16?. The summed E-state index contributed by atoms with van der Waals surface area (Å²) in [5.41, 5.74) is 7.96. The Kier molecular flexibility index (Phi) is 5.41. The molecule has 1 aromatic rings. The lowest BCUT2D eigenvalue weighted by Gasteiger charge is -2.36. The van der Waals surface area contributed by atoms with E-state index < -0.39 is 0 Å². The molecule has 0 spiro atoms. The number of nitrogens with zero attached hydrogens (tertiary/aromatic N) is 1. The van der Waals surface area contributed by atoms with Crippen molar-refractivity contribution in [2.45, 2.75) is 57.8 Å². The highest BCUT2D eigenvalue weighted by molar-refractivity contribution is 5.92. The van der Waals surface area contributed by atoms with Gasteiger partial charge in [0.15, 0.2) is 0 Å². The molecule has 2 atom stereocenters. The van der Waals surface area contributed by atoms with Gasteiger partial charge in [-0.1, -0.05) is 0 Å². The van der Waals surface area contributed by atoms with Crippen LogP contribution in [-0.2, 0) is 9.53 Å². The lowest BCUT2D eigenvalue weighted by atomic mass is 9.86. The quantitative estimate of drug-likeness (QED) is 0.894. The maximum absolute atomic E-state index is 12.4. The molecule has 1 heterocycles. The number of carbonyl (C=O) groups is 1. The van der Waals surface area contributed by atoms with Crippen LogP contribution in [0, 0.1) is 5.92 Å². The third kappa shape index (κ3) is 4.28. The van der Waals surface area contributed by atoms with Crippen molar-refractivity contribution in [3.05, 3.63) is 24.3 Å². The average Bonchev–Trinajstić information content (AvgIpc) is 2.55. The molecule has 5 heteroatoms. The summed E-state index contributed by atoms with van der Waals surface area (Å²) >= 11 is 0. The van der Waals surface area contributed by atoms with Crippen molar-refractivity contribution >= 4 is 17.3 Å². The number of ether oxygens (including phenoxy) is 1. The zero-order valence-corrected chi connectivity index (χ0v) is 14.7. The second-order valence-corrected chi connectivity index (χ2v) is 7.31. The van der Waals surface area contributed by atoms with Crippen LogP contribution in [-0.4, -0.2) is 37.2 Å². The number of rotatable bonds is 3. The van der Waals surface area contributed by atoms with Gasteiger partial charge in [-0.2, -0.15) is 0 Å². The van der Waals surface area contributed by atoms with E-state index in [1.165, 1.54) is 5.69 Å². The first-order valence-electron chi connectivity index (χ1n) is 9.08. The van der Waals surface area contributed by atoms with E-state index in [0.717, 1.165) is 44.5 Å². The van der Waals surface area contributed by atoms with Crippen LogP contribution in [0.3, 0.4) is 0 Å². The van der Waals surface area contributed by atoms with Crippen molar-refractivity contribution < 1.29 is 9.53 Å². The van der Waals surface area contributed by atoms with E-state index >= 15 is 0 Å². The summed E-state index contributed by atoms with van der Waals surface area (Å²) < 4.78 is 5.78. The molecule has 5 nitrogen and oxygen atoms in total. The lowest BCUT2D eigenvalue weighted by molar-refractivity contribution is -0.120. The number of hydrogen-bond donors (Lipinski definition) is 2. The maximum Gasteiger partial charge on any atom is 0.227 e. The zero-order valence-electron chi connectivity index (χ0n) is 14.7. The molecule has 1 aliphatic carbocycles. The normalized spacial score (nSPS) is 30.9. The number of benzene rings is 1. The molecule has 0 unspecified atom stereocenters. The Bertz CT molecular complexity index is 542. The highest BCUT2D eigenvalue weighted by Crippen LogP contribution is 2.26. The molecule has 0 radical (unpaired) electrons. The van der Waals surface area contributed by atoms with Crippen LogP contribution in [0.15, 0.2) is 24.3 Å². The van der Waals surface area contributed by atoms with Gasteiger partial charge in [0.2, 0.25) is 5.91 Å². The van der Waals surface area contributed by atoms with Crippen LogP contribution in [0.2, 0.25) is 0 Å². The van der Waals surface area contributed by atoms with Crippen LogP contribution >= 0.6 is 0 Å². The van der Waals surface area contributed by atoms with Gasteiger partial charge < -0.3 is 20.7 Å². The third-order valence-electron chi connectivity index (χ3n) is 5.06. The molecule has 3 rings (SSSR count). The van der Waals surface area contributed by atoms with Crippen molar-refractivity contribution in [3.63, 3.8) is 0 Å². The molecule has 2 fully saturated rings. The molecule has 1 amide bonds. The second kappa shape index (κ2) is 7.53. The Morgan fingerprint density at radius 1 is 1.08 bits per heavy atom. The predicted molar refractivity (Wildman–Crippen MR) is 97.2 cm³/mol. The van der Waals surface area contributed by atoms with Crippen molar-refractivity contribution in [2.75, 3.05) is 23.3 Å².